The smallest absolute Gasteiger partial charge is 0.337 e. The fraction of sp³-hybridized carbons (Fsp3) is 0.226. The Morgan fingerprint density at radius 1 is 1.07 bits per heavy atom. The van der Waals surface area contributed by atoms with Crippen LogP contribution in [-0.4, -0.2) is 52.5 Å². The van der Waals surface area contributed by atoms with Crippen molar-refractivity contribution in [2.24, 2.45) is 0 Å². The molecule has 10 nitrogen and oxygen atoms in total. The standard InChI is InChI=1S/C31H31N5O5S/c1-18-15-22(19(2)35(18)25-11-6-5-9-21(25)30(38)39)29-28(23-10-7-8-14-32-23)34-31(42)36(29)20-12-13-26(41-4)24(16-20)33-27(37)17-40-3/h5-16,28-29H,17H2,1-4H3,(H,33,37)(H,34,42)(H,38,39)/t28-,29-/m0/s1. The van der Waals surface area contributed by atoms with E-state index in [0.717, 1.165) is 28.3 Å². The molecule has 0 saturated carbocycles. The first-order chi connectivity index (χ1) is 20.2. The second-order valence-electron chi connectivity index (χ2n) is 9.85. The van der Waals surface area contributed by atoms with Crippen LogP contribution >= 0.6 is 12.2 Å². The average Bonchev–Trinajstić information content (AvgIpc) is 3.48. The molecule has 1 saturated heterocycles. The van der Waals surface area contributed by atoms with E-state index in [1.54, 1.807) is 30.5 Å². The Labute approximate surface area is 248 Å². The number of ether oxygens (including phenoxy) is 2. The van der Waals surface area contributed by atoms with Crippen LogP contribution < -0.4 is 20.3 Å². The van der Waals surface area contributed by atoms with E-state index >= 15 is 0 Å². The van der Waals surface area contributed by atoms with Crippen molar-refractivity contribution in [2.45, 2.75) is 25.9 Å². The van der Waals surface area contributed by atoms with Gasteiger partial charge in [-0.05, 0) is 80.2 Å². The number of aryl methyl sites for hydroxylation is 1. The van der Waals surface area contributed by atoms with Crippen molar-refractivity contribution in [2.75, 3.05) is 31.0 Å². The van der Waals surface area contributed by atoms with Crippen LogP contribution in [0.3, 0.4) is 0 Å². The lowest BCUT2D eigenvalue weighted by Crippen LogP contribution is -2.29. The Morgan fingerprint density at radius 2 is 1.83 bits per heavy atom. The number of benzene rings is 2. The zero-order valence-corrected chi connectivity index (χ0v) is 24.4. The summed E-state index contributed by atoms with van der Waals surface area (Å²) in [5.41, 5.74) is 5.45. The molecule has 0 aliphatic carbocycles. The SMILES string of the molecule is COCC(=O)Nc1cc(N2C(=S)N[C@@H](c3ccccn3)[C@@H]2c2cc(C)n(-c3ccccc3C(=O)O)c2C)ccc1OC. The lowest BCUT2D eigenvalue weighted by Gasteiger charge is -2.29. The molecule has 0 spiro atoms. The molecule has 2 aromatic heterocycles. The van der Waals surface area contributed by atoms with Crippen molar-refractivity contribution in [3.8, 4) is 11.4 Å². The number of rotatable bonds is 9. The number of carboxylic acid groups (broad SMARTS) is 1. The number of hydrogen-bond donors (Lipinski definition) is 3. The first kappa shape index (κ1) is 28.8. The number of carboxylic acids is 1. The second kappa shape index (κ2) is 12.0. The van der Waals surface area contributed by atoms with Crippen molar-refractivity contribution >= 4 is 40.6 Å². The quantitative estimate of drug-likeness (QED) is 0.234. The lowest BCUT2D eigenvalue weighted by atomic mass is 9.96. The van der Waals surface area contributed by atoms with E-state index in [1.165, 1.54) is 14.2 Å². The third kappa shape index (κ3) is 5.31. The van der Waals surface area contributed by atoms with Gasteiger partial charge in [-0.15, -0.1) is 0 Å². The second-order valence-corrected chi connectivity index (χ2v) is 10.2. The Kier molecular flexibility index (Phi) is 8.23. The summed E-state index contributed by atoms with van der Waals surface area (Å²) >= 11 is 5.91. The number of nitrogens with one attached hydrogen (secondary N) is 2. The zero-order chi connectivity index (χ0) is 30.0. The van der Waals surface area contributed by atoms with Crippen LogP contribution in [0.15, 0.2) is 72.9 Å². The molecule has 5 rings (SSSR count). The highest BCUT2D eigenvalue weighted by atomic mass is 32.1. The van der Waals surface area contributed by atoms with Gasteiger partial charge in [-0.2, -0.15) is 0 Å². The van der Waals surface area contributed by atoms with Gasteiger partial charge in [0.2, 0.25) is 5.91 Å². The van der Waals surface area contributed by atoms with Gasteiger partial charge in [0, 0.05) is 30.4 Å². The largest absolute Gasteiger partial charge is 0.495 e. The molecule has 0 bridgehead atoms. The maximum atomic E-state index is 12.4. The molecule has 1 aliphatic rings. The summed E-state index contributed by atoms with van der Waals surface area (Å²) < 4.78 is 12.4. The molecule has 4 aromatic rings. The predicted octanol–water partition coefficient (Wildman–Crippen LogP) is 4.96. The van der Waals surface area contributed by atoms with Crippen molar-refractivity contribution in [3.05, 3.63) is 101 Å². The Morgan fingerprint density at radius 3 is 2.52 bits per heavy atom. The third-order valence-electron chi connectivity index (χ3n) is 7.27. The van der Waals surface area contributed by atoms with E-state index in [-0.39, 0.29) is 30.2 Å². The number of nitrogens with zero attached hydrogens (tertiary/aromatic N) is 3. The van der Waals surface area contributed by atoms with E-state index in [1.807, 2.05) is 59.7 Å². The van der Waals surface area contributed by atoms with Gasteiger partial charge in [0.15, 0.2) is 5.11 Å². The van der Waals surface area contributed by atoms with E-state index in [2.05, 4.69) is 21.7 Å². The van der Waals surface area contributed by atoms with Crippen molar-refractivity contribution in [1.82, 2.24) is 14.9 Å². The molecule has 2 aromatic carbocycles. The van der Waals surface area contributed by atoms with Gasteiger partial charge in [-0.3, -0.25) is 9.78 Å². The van der Waals surface area contributed by atoms with Crippen LogP contribution in [0.4, 0.5) is 11.4 Å². The van der Waals surface area contributed by atoms with Crippen LogP contribution in [0, 0.1) is 13.8 Å². The van der Waals surface area contributed by atoms with Crippen molar-refractivity contribution in [1.29, 1.82) is 0 Å². The summed E-state index contributed by atoms with van der Waals surface area (Å²) in [6.07, 6.45) is 1.74. The number of carbonyl (C=O) groups excluding carboxylic acids is 1. The normalized spacial score (nSPS) is 16.3. The molecule has 42 heavy (non-hydrogen) atoms. The molecule has 0 unspecified atom stereocenters. The van der Waals surface area contributed by atoms with E-state index < -0.39 is 5.97 Å². The zero-order valence-electron chi connectivity index (χ0n) is 23.6. The number of aromatic carboxylic acids is 1. The van der Waals surface area contributed by atoms with Crippen LogP contribution in [0.5, 0.6) is 5.75 Å². The minimum atomic E-state index is -1.00. The number of thiocarbonyl (C=S) groups is 1. The Balaban J connectivity index is 1.67. The number of methoxy groups -OCH3 is 2. The molecule has 1 fully saturated rings. The highest BCUT2D eigenvalue weighted by Gasteiger charge is 2.42. The number of hydrogen-bond acceptors (Lipinski definition) is 6. The topological polar surface area (TPSA) is 118 Å². The molecule has 3 N–H and O–H groups in total. The van der Waals surface area contributed by atoms with Gasteiger partial charge < -0.3 is 34.7 Å². The van der Waals surface area contributed by atoms with Crippen LogP contribution in [0.25, 0.3) is 5.69 Å². The molecule has 3 heterocycles. The maximum absolute atomic E-state index is 12.4. The number of pyridine rings is 1. The lowest BCUT2D eigenvalue weighted by molar-refractivity contribution is -0.119. The highest BCUT2D eigenvalue weighted by molar-refractivity contribution is 7.80. The van der Waals surface area contributed by atoms with Gasteiger partial charge in [0.1, 0.15) is 12.4 Å². The fourth-order valence-electron chi connectivity index (χ4n) is 5.52. The average molecular weight is 586 g/mol. The molecular weight excluding hydrogens is 554 g/mol. The molecule has 11 heteroatoms. The van der Waals surface area contributed by atoms with Crippen LogP contribution in [-0.2, 0) is 9.53 Å². The van der Waals surface area contributed by atoms with Gasteiger partial charge in [-0.1, -0.05) is 18.2 Å². The summed E-state index contributed by atoms with van der Waals surface area (Å²) in [6, 6.07) is 19.5. The summed E-state index contributed by atoms with van der Waals surface area (Å²) in [4.78, 5) is 31.1. The molecular formula is C31H31N5O5S. The summed E-state index contributed by atoms with van der Waals surface area (Å²) in [6.45, 7) is 3.82. The minimum Gasteiger partial charge on any atom is -0.495 e. The molecule has 216 valence electrons. The van der Waals surface area contributed by atoms with Gasteiger partial charge in [0.05, 0.1) is 41.8 Å². The summed E-state index contributed by atoms with van der Waals surface area (Å²) in [7, 11) is 2.99. The maximum Gasteiger partial charge on any atom is 0.337 e. The number of anilines is 2. The number of amides is 1. The van der Waals surface area contributed by atoms with Crippen molar-refractivity contribution < 1.29 is 24.2 Å². The number of para-hydroxylation sites is 1. The van der Waals surface area contributed by atoms with Gasteiger partial charge in [0.25, 0.3) is 0 Å². The van der Waals surface area contributed by atoms with Crippen molar-refractivity contribution in [3.63, 3.8) is 0 Å². The van der Waals surface area contributed by atoms with E-state index in [9.17, 15) is 14.7 Å². The number of aromatic nitrogens is 2. The summed E-state index contributed by atoms with van der Waals surface area (Å²) in [5, 5.41) is 16.7. The van der Waals surface area contributed by atoms with Gasteiger partial charge >= 0.3 is 5.97 Å². The molecule has 0 radical (unpaired) electrons. The molecule has 1 aliphatic heterocycles. The van der Waals surface area contributed by atoms with Gasteiger partial charge in [-0.25, -0.2) is 4.79 Å². The fourth-order valence-corrected chi connectivity index (χ4v) is 5.86. The number of carbonyl (C=O) groups is 2. The van der Waals surface area contributed by atoms with E-state index in [0.29, 0.717) is 22.2 Å². The predicted molar refractivity (Wildman–Crippen MR) is 164 cm³/mol. The highest BCUT2D eigenvalue weighted by Crippen LogP contribution is 2.45. The third-order valence-corrected chi connectivity index (χ3v) is 7.59. The first-order valence-corrected chi connectivity index (χ1v) is 13.6. The van der Waals surface area contributed by atoms with Crippen LogP contribution in [0.2, 0.25) is 0 Å². The Bertz CT molecular complexity index is 1650. The van der Waals surface area contributed by atoms with Crippen LogP contribution in [0.1, 0.15) is 45.1 Å². The molecule has 1 amide bonds. The Hall–Kier alpha value is -4.74. The summed E-state index contributed by atoms with van der Waals surface area (Å²) in [5.74, 6) is -0.834. The minimum absolute atomic E-state index is 0.106. The van der Waals surface area contributed by atoms with E-state index in [4.69, 9.17) is 21.7 Å². The monoisotopic (exact) mass is 585 g/mol. The molecule has 2 atom stereocenters. The first-order valence-electron chi connectivity index (χ1n) is 13.2.